The maximum Gasteiger partial charge on any atom is 0.301 e. The normalized spacial score (nSPS) is 18.0. The van der Waals surface area contributed by atoms with Crippen LogP contribution in [0.25, 0.3) is 5.76 Å². The van der Waals surface area contributed by atoms with E-state index >= 15 is 0 Å². The molecule has 0 aliphatic carbocycles. The number of nitro benzene ring substituents is 1. The molecule has 1 aliphatic rings. The molecule has 3 aromatic rings. The van der Waals surface area contributed by atoms with Crippen molar-refractivity contribution < 1.29 is 19.6 Å². The van der Waals surface area contributed by atoms with Crippen molar-refractivity contribution in [1.82, 2.24) is 4.98 Å². The first-order valence-electron chi connectivity index (χ1n) is 8.59. The third kappa shape index (κ3) is 3.40. The van der Waals surface area contributed by atoms with E-state index in [0.717, 1.165) is 4.47 Å². The molecule has 1 aliphatic heterocycles. The van der Waals surface area contributed by atoms with Gasteiger partial charge >= 0.3 is 5.91 Å². The van der Waals surface area contributed by atoms with Crippen LogP contribution in [0.2, 0.25) is 0 Å². The summed E-state index contributed by atoms with van der Waals surface area (Å²) < 4.78 is 0.813. The Morgan fingerprint density at radius 2 is 1.80 bits per heavy atom. The second kappa shape index (κ2) is 7.81. The number of halogens is 1. The molecule has 1 fully saturated rings. The molecule has 0 spiro atoms. The number of Topliss-reactive ketones (excluding diaryl/α,β-unsaturated/α-hetero) is 1. The van der Waals surface area contributed by atoms with Gasteiger partial charge in [0.05, 0.1) is 16.5 Å². The highest BCUT2D eigenvalue weighted by Crippen LogP contribution is 2.42. The summed E-state index contributed by atoms with van der Waals surface area (Å²) >= 11 is 4.55. The fourth-order valence-electron chi connectivity index (χ4n) is 3.22. The zero-order valence-corrected chi connectivity index (χ0v) is 17.5. The number of amides is 1. The quantitative estimate of drug-likeness (QED) is 0.192. The third-order valence-electron chi connectivity index (χ3n) is 4.61. The number of hydrogen-bond acceptors (Lipinski definition) is 7. The average Bonchev–Trinajstić information content (AvgIpc) is 3.35. The molecule has 2 heterocycles. The lowest BCUT2D eigenvalue weighted by molar-refractivity contribution is -0.384. The zero-order valence-electron chi connectivity index (χ0n) is 15.1. The van der Waals surface area contributed by atoms with Gasteiger partial charge in [0.1, 0.15) is 5.76 Å². The van der Waals surface area contributed by atoms with E-state index in [4.69, 9.17) is 0 Å². The maximum atomic E-state index is 12.9. The van der Waals surface area contributed by atoms with Gasteiger partial charge in [0, 0.05) is 33.7 Å². The molecule has 1 amide bonds. The first-order valence-corrected chi connectivity index (χ1v) is 10.3. The number of carbonyl (C=O) groups excluding carboxylic acids is 2. The van der Waals surface area contributed by atoms with E-state index in [9.17, 15) is 24.8 Å². The first-order chi connectivity index (χ1) is 14.4. The summed E-state index contributed by atoms with van der Waals surface area (Å²) in [5, 5.41) is 23.8. The second-order valence-electron chi connectivity index (χ2n) is 6.34. The number of ketones is 1. The van der Waals surface area contributed by atoms with E-state index in [2.05, 4.69) is 20.9 Å². The van der Waals surface area contributed by atoms with Crippen molar-refractivity contribution in [3.63, 3.8) is 0 Å². The number of anilines is 1. The molecule has 0 unspecified atom stereocenters. The van der Waals surface area contributed by atoms with Crippen LogP contribution in [0, 0.1) is 10.1 Å². The van der Waals surface area contributed by atoms with Crippen molar-refractivity contribution in [2.75, 3.05) is 4.90 Å². The Balaban J connectivity index is 1.90. The summed E-state index contributed by atoms with van der Waals surface area (Å²) in [7, 11) is 0. The van der Waals surface area contributed by atoms with Crippen molar-refractivity contribution in [3.8, 4) is 0 Å². The number of aromatic nitrogens is 1. The molecule has 1 N–H and O–H groups in total. The lowest BCUT2D eigenvalue weighted by Gasteiger charge is -2.23. The number of aliphatic hydroxyl groups is 1. The summed E-state index contributed by atoms with van der Waals surface area (Å²) in [6.07, 6.45) is 1.52. The Labute approximate surface area is 182 Å². The molecule has 150 valence electrons. The smallest absolute Gasteiger partial charge is 0.301 e. The van der Waals surface area contributed by atoms with Gasteiger partial charge in [-0.3, -0.25) is 24.6 Å². The molecule has 1 aromatic heterocycles. The number of hydrogen-bond donors (Lipinski definition) is 1. The van der Waals surface area contributed by atoms with E-state index in [0.29, 0.717) is 10.7 Å². The van der Waals surface area contributed by atoms with Gasteiger partial charge in [-0.2, -0.15) is 0 Å². The van der Waals surface area contributed by atoms with Crippen LogP contribution in [0.15, 0.2) is 70.2 Å². The molecule has 10 heteroatoms. The van der Waals surface area contributed by atoms with Crippen molar-refractivity contribution >= 4 is 55.5 Å². The molecule has 0 bridgehead atoms. The molecule has 2 aromatic carbocycles. The molecule has 4 rings (SSSR count). The van der Waals surface area contributed by atoms with E-state index in [1.54, 1.807) is 29.6 Å². The Morgan fingerprint density at radius 3 is 2.37 bits per heavy atom. The van der Waals surface area contributed by atoms with Gasteiger partial charge in [-0.15, -0.1) is 11.3 Å². The largest absolute Gasteiger partial charge is 0.507 e. The monoisotopic (exact) mass is 485 g/mol. The van der Waals surface area contributed by atoms with Crippen LogP contribution in [0.5, 0.6) is 0 Å². The molecular weight excluding hydrogens is 474 g/mol. The number of aliphatic hydroxyl groups excluding tert-OH is 1. The lowest BCUT2D eigenvalue weighted by atomic mass is 9.95. The number of nitro groups is 1. The number of thiazole rings is 1. The Hall–Kier alpha value is -3.37. The van der Waals surface area contributed by atoms with Gasteiger partial charge in [-0.05, 0) is 29.8 Å². The SMILES string of the molecule is O=C1C(=O)N(c2nccs2)[C@H](c2ccc(Br)cc2)C1=C(O)c1ccc([N+](=O)[O-])cc1. The molecule has 0 saturated carbocycles. The fourth-order valence-corrected chi connectivity index (χ4v) is 4.15. The predicted octanol–water partition coefficient (Wildman–Crippen LogP) is 4.44. The highest BCUT2D eigenvalue weighted by atomic mass is 79.9. The van der Waals surface area contributed by atoms with E-state index in [-0.39, 0.29) is 16.8 Å². The number of benzene rings is 2. The predicted molar refractivity (Wildman–Crippen MR) is 114 cm³/mol. The van der Waals surface area contributed by atoms with Gasteiger partial charge in [0.25, 0.3) is 11.5 Å². The topological polar surface area (TPSA) is 114 Å². The van der Waals surface area contributed by atoms with Crippen LogP contribution in [0.1, 0.15) is 17.2 Å². The summed E-state index contributed by atoms with van der Waals surface area (Å²) in [6, 6.07) is 11.2. The number of nitrogens with zero attached hydrogens (tertiary/aromatic N) is 3. The highest BCUT2D eigenvalue weighted by Gasteiger charge is 2.47. The third-order valence-corrected chi connectivity index (χ3v) is 5.91. The summed E-state index contributed by atoms with van der Waals surface area (Å²) in [5.74, 6) is -2.06. The zero-order chi connectivity index (χ0) is 21.4. The van der Waals surface area contributed by atoms with Crippen LogP contribution in [-0.4, -0.2) is 26.7 Å². The summed E-state index contributed by atoms with van der Waals surface area (Å²) in [6.45, 7) is 0. The average molecular weight is 486 g/mol. The first kappa shape index (κ1) is 19.9. The summed E-state index contributed by atoms with van der Waals surface area (Å²) in [5.41, 5.74) is 0.543. The molecule has 8 nitrogen and oxygen atoms in total. The van der Waals surface area contributed by atoms with Crippen LogP contribution >= 0.6 is 27.3 Å². The van der Waals surface area contributed by atoms with Gasteiger partial charge in [-0.1, -0.05) is 28.1 Å². The maximum absolute atomic E-state index is 12.9. The van der Waals surface area contributed by atoms with Crippen molar-refractivity contribution in [1.29, 1.82) is 0 Å². The highest BCUT2D eigenvalue weighted by molar-refractivity contribution is 9.10. The van der Waals surface area contributed by atoms with Crippen LogP contribution in [0.3, 0.4) is 0 Å². The molecule has 0 radical (unpaired) electrons. The Morgan fingerprint density at radius 1 is 1.13 bits per heavy atom. The fraction of sp³-hybridized carbons (Fsp3) is 0.0500. The molecular formula is C20H12BrN3O5S. The van der Waals surface area contributed by atoms with Crippen molar-refractivity contribution in [2.24, 2.45) is 0 Å². The number of rotatable bonds is 4. The van der Waals surface area contributed by atoms with E-state index in [1.165, 1.54) is 46.7 Å². The summed E-state index contributed by atoms with van der Waals surface area (Å²) in [4.78, 5) is 41.5. The molecule has 1 saturated heterocycles. The number of carbonyl (C=O) groups is 2. The van der Waals surface area contributed by atoms with E-state index < -0.39 is 28.4 Å². The van der Waals surface area contributed by atoms with Crippen molar-refractivity contribution in [3.05, 3.63) is 91.4 Å². The molecule has 1 atom stereocenters. The number of non-ortho nitro benzene ring substituents is 1. The Bertz CT molecular complexity index is 1170. The van der Waals surface area contributed by atoms with Gasteiger partial charge in [-0.25, -0.2) is 4.98 Å². The molecule has 30 heavy (non-hydrogen) atoms. The van der Waals surface area contributed by atoms with Gasteiger partial charge in [0.15, 0.2) is 5.13 Å². The van der Waals surface area contributed by atoms with E-state index in [1.807, 2.05) is 0 Å². The van der Waals surface area contributed by atoms with Crippen LogP contribution in [-0.2, 0) is 9.59 Å². The standard InChI is InChI=1S/C20H12BrN3O5S/c21-13-5-1-11(2-6-13)16-15(17(25)12-3-7-14(8-4-12)24(28)29)18(26)19(27)23(16)20-22-9-10-30-20/h1-10,16,25H/t16-/m1/s1. The second-order valence-corrected chi connectivity index (χ2v) is 8.13. The minimum Gasteiger partial charge on any atom is -0.507 e. The lowest BCUT2D eigenvalue weighted by Crippen LogP contribution is -2.29. The van der Waals surface area contributed by atoms with Gasteiger partial charge < -0.3 is 5.11 Å². The minimum absolute atomic E-state index is 0.105. The van der Waals surface area contributed by atoms with Crippen LogP contribution < -0.4 is 4.90 Å². The van der Waals surface area contributed by atoms with Crippen LogP contribution in [0.4, 0.5) is 10.8 Å². The Kier molecular flexibility index (Phi) is 5.18. The minimum atomic E-state index is -0.889. The van der Waals surface area contributed by atoms with Crippen molar-refractivity contribution in [2.45, 2.75) is 6.04 Å². The van der Waals surface area contributed by atoms with Gasteiger partial charge in [0.2, 0.25) is 0 Å².